The third-order valence-corrected chi connectivity index (χ3v) is 6.04. The summed E-state index contributed by atoms with van der Waals surface area (Å²) in [5.74, 6) is 0.212. The van der Waals surface area contributed by atoms with Crippen LogP contribution in [0.4, 0.5) is 0 Å². The van der Waals surface area contributed by atoms with E-state index in [0.717, 1.165) is 22.2 Å². The van der Waals surface area contributed by atoms with E-state index in [1.807, 2.05) is 30.3 Å². The predicted molar refractivity (Wildman–Crippen MR) is 123 cm³/mol. The standard InChI is InChI=1S/C24H26ClN3O4/c1-32-19-5-2-15(3-6-19)12-22(24(31)28-10-8-18(29)9-11-28)27-23(30)21-14-16-13-17(25)4-7-20(16)26-21/h2-7,13-14,18,22,26,29H,8-12H2,1H3,(H,27,30)/t22-/m0/s1. The van der Waals surface area contributed by atoms with E-state index in [1.54, 1.807) is 30.2 Å². The van der Waals surface area contributed by atoms with Crippen molar-refractivity contribution in [1.29, 1.82) is 0 Å². The van der Waals surface area contributed by atoms with Crippen molar-refractivity contribution in [2.45, 2.75) is 31.4 Å². The van der Waals surface area contributed by atoms with Crippen LogP contribution < -0.4 is 10.1 Å². The lowest BCUT2D eigenvalue weighted by Crippen LogP contribution is -2.52. The number of fused-ring (bicyclic) bond motifs is 1. The molecule has 1 aromatic heterocycles. The van der Waals surface area contributed by atoms with Gasteiger partial charge in [-0.1, -0.05) is 23.7 Å². The molecule has 0 unspecified atom stereocenters. The summed E-state index contributed by atoms with van der Waals surface area (Å²) in [6.45, 7) is 0.944. The van der Waals surface area contributed by atoms with Gasteiger partial charge in [-0.3, -0.25) is 9.59 Å². The van der Waals surface area contributed by atoms with Gasteiger partial charge in [-0.05, 0) is 54.8 Å². The van der Waals surface area contributed by atoms with Crippen LogP contribution in [0.3, 0.4) is 0 Å². The quantitative estimate of drug-likeness (QED) is 0.532. The summed E-state index contributed by atoms with van der Waals surface area (Å²) >= 11 is 6.05. The van der Waals surface area contributed by atoms with Crippen molar-refractivity contribution in [2.24, 2.45) is 0 Å². The number of carbonyl (C=O) groups is 2. The Morgan fingerprint density at radius 1 is 1.19 bits per heavy atom. The molecule has 2 amide bonds. The van der Waals surface area contributed by atoms with Gasteiger partial charge in [0.05, 0.1) is 13.2 Å². The molecule has 32 heavy (non-hydrogen) atoms. The van der Waals surface area contributed by atoms with Crippen LogP contribution >= 0.6 is 11.6 Å². The van der Waals surface area contributed by atoms with Gasteiger partial charge in [0.15, 0.2) is 0 Å². The molecule has 0 spiro atoms. The zero-order chi connectivity index (χ0) is 22.7. The molecule has 4 rings (SSSR count). The van der Waals surface area contributed by atoms with Crippen LogP contribution in [0.15, 0.2) is 48.5 Å². The molecular weight excluding hydrogens is 430 g/mol. The van der Waals surface area contributed by atoms with Crippen molar-refractivity contribution in [3.05, 3.63) is 64.8 Å². The molecule has 1 fully saturated rings. The number of aliphatic hydroxyl groups excluding tert-OH is 1. The Kier molecular flexibility index (Phi) is 6.67. The number of hydrogen-bond donors (Lipinski definition) is 3. The number of hydrogen-bond acceptors (Lipinski definition) is 4. The van der Waals surface area contributed by atoms with Gasteiger partial charge in [0.25, 0.3) is 5.91 Å². The Morgan fingerprint density at radius 2 is 1.91 bits per heavy atom. The Morgan fingerprint density at radius 3 is 2.59 bits per heavy atom. The van der Waals surface area contributed by atoms with Gasteiger partial charge in [-0.25, -0.2) is 0 Å². The van der Waals surface area contributed by atoms with E-state index in [-0.39, 0.29) is 17.9 Å². The average molecular weight is 456 g/mol. The molecule has 2 heterocycles. The van der Waals surface area contributed by atoms with Crippen molar-refractivity contribution in [1.82, 2.24) is 15.2 Å². The van der Waals surface area contributed by atoms with E-state index in [2.05, 4.69) is 10.3 Å². The fourth-order valence-corrected chi connectivity index (χ4v) is 4.15. The van der Waals surface area contributed by atoms with Crippen molar-refractivity contribution in [3.8, 4) is 5.75 Å². The topological polar surface area (TPSA) is 94.7 Å². The highest BCUT2D eigenvalue weighted by Gasteiger charge is 2.29. The molecule has 0 bridgehead atoms. The number of carbonyl (C=O) groups excluding carboxylic acids is 2. The fourth-order valence-electron chi connectivity index (χ4n) is 3.97. The summed E-state index contributed by atoms with van der Waals surface area (Å²) < 4.78 is 5.20. The van der Waals surface area contributed by atoms with Gasteiger partial charge in [0, 0.05) is 35.4 Å². The molecule has 3 aromatic rings. The number of halogens is 1. The van der Waals surface area contributed by atoms with Gasteiger partial charge in [0.2, 0.25) is 5.91 Å². The number of nitrogens with one attached hydrogen (secondary N) is 2. The normalized spacial score (nSPS) is 15.5. The molecule has 1 aliphatic rings. The Labute approximate surface area is 191 Å². The Hall–Kier alpha value is -3.03. The third kappa shape index (κ3) is 5.06. The highest BCUT2D eigenvalue weighted by molar-refractivity contribution is 6.31. The second kappa shape index (κ2) is 9.63. The van der Waals surface area contributed by atoms with E-state index >= 15 is 0 Å². The monoisotopic (exact) mass is 455 g/mol. The van der Waals surface area contributed by atoms with Gasteiger partial charge in [-0.2, -0.15) is 0 Å². The fraction of sp³-hybridized carbons (Fsp3) is 0.333. The van der Waals surface area contributed by atoms with Crippen LogP contribution in [0.1, 0.15) is 28.9 Å². The van der Waals surface area contributed by atoms with E-state index in [1.165, 1.54) is 0 Å². The highest BCUT2D eigenvalue weighted by Crippen LogP contribution is 2.21. The number of piperidine rings is 1. The SMILES string of the molecule is COc1ccc(C[C@H](NC(=O)c2cc3cc(Cl)ccc3[nH]2)C(=O)N2CCC(O)CC2)cc1. The van der Waals surface area contributed by atoms with Crippen LogP contribution in [0.5, 0.6) is 5.75 Å². The number of ether oxygens (including phenoxy) is 1. The lowest BCUT2D eigenvalue weighted by atomic mass is 10.0. The number of aromatic nitrogens is 1. The highest BCUT2D eigenvalue weighted by atomic mass is 35.5. The van der Waals surface area contributed by atoms with Crippen LogP contribution in [-0.2, 0) is 11.2 Å². The van der Waals surface area contributed by atoms with Crippen molar-refractivity contribution >= 4 is 34.3 Å². The first kappa shape index (κ1) is 22.2. The maximum atomic E-state index is 13.3. The van der Waals surface area contributed by atoms with E-state index in [4.69, 9.17) is 16.3 Å². The number of benzene rings is 2. The predicted octanol–water partition coefficient (Wildman–Crippen LogP) is 3.15. The van der Waals surface area contributed by atoms with Gasteiger partial charge < -0.3 is 25.0 Å². The smallest absolute Gasteiger partial charge is 0.268 e. The zero-order valence-corrected chi connectivity index (χ0v) is 18.6. The molecule has 3 N–H and O–H groups in total. The molecule has 168 valence electrons. The Balaban J connectivity index is 1.55. The summed E-state index contributed by atoms with van der Waals surface area (Å²) in [5.41, 5.74) is 2.07. The third-order valence-electron chi connectivity index (χ3n) is 5.81. The first-order valence-corrected chi connectivity index (χ1v) is 11.0. The number of nitrogens with zero attached hydrogens (tertiary/aromatic N) is 1. The van der Waals surface area contributed by atoms with Crippen molar-refractivity contribution in [2.75, 3.05) is 20.2 Å². The molecule has 2 aromatic carbocycles. The molecule has 0 radical (unpaired) electrons. The van der Waals surface area contributed by atoms with Gasteiger partial charge in [-0.15, -0.1) is 0 Å². The molecule has 7 nitrogen and oxygen atoms in total. The second-order valence-electron chi connectivity index (χ2n) is 8.05. The Bertz CT molecular complexity index is 1100. The molecule has 1 atom stereocenters. The lowest BCUT2D eigenvalue weighted by Gasteiger charge is -2.32. The summed E-state index contributed by atoms with van der Waals surface area (Å²) in [7, 11) is 1.60. The first-order valence-electron chi connectivity index (χ1n) is 10.6. The molecule has 8 heteroatoms. The number of likely N-dealkylation sites (tertiary alicyclic amines) is 1. The van der Waals surface area contributed by atoms with E-state index in [0.29, 0.717) is 43.1 Å². The molecule has 1 saturated heterocycles. The van der Waals surface area contributed by atoms with Gasteiger partial charge in [0.1, 0.15) is 17.5 Å². The van der Waals surface area contributed by atoms with Crippen LogP contribution in [0.25, 0.3) is 10.9 Å². The number of methoxy groups -OCH3 is 1. The van der Waals surface area contributed by atoms with Crippen molar-refractivity contribution in [3.63, 3.8) is 0 Å². The first-order chi connectivity index (χ1) is 15.4. The number of rotatable bonds is 6. The lowest BCUT2D eigenvalue weighted by molar-refractivity contribution is -0.135. The number of aromatic amines is 1. The summed E-state index contributed by atoms with van der Waals surface area (Å²) in [4.78, 5) is 31.1. The minimum Gasteiger partial charge on any atom is -0.497 e. The van der Waals surface area contributed by atoms with E-state index in [9.17, 15) is 14.7 Å². The summed E-state index contributed by atoms with van der Waals surface area (Å²) in [6, 6.07) is 13.8. The minimum absolute atomic E-state index is 0.153. The number of H-pyrrole nitrogens is 1. The maximum Gasteiger partial charge on any atom is 0.268 e. The van der Waals surface area contributed by atoms with Crippen LogP contribution in [0, 0.1) is 0 Å². The van der Waals surface area contributed by atoms with E-state index < -0.39 is 6.04 Å². The molecule has 0 saturated carbocycles. The molecule has 1 aliphatic heterocycles. The second-order valence-corrected chi connectivity index (χ2v) is 8.49. The largest absolute Gasteiger partial charge is 0.497 e. The molecule has 0 aliphatic carbocycles. The maximum absolute atomic E-state index is 13.3. The minimum atomic E-state index is -0.735. The van der Waals surface area contributed by atoms with Crippen LogP contribution in [-0.4, -0.2) is 59.1 Å². The van der Waals surface area contributed by atoms with Gasteiger partial charge >= 0.3 is 0 Å². The average Bonchev–Trinajstić information content (AvgIpc) is 3.22. The summed E-state index contributed by atoms with van der Waals surface area (Å²) in [6.07, 6.45) is 1.04. The zero-order valence-electron chi connectivity index (χ0n) is 17.8. The van der Waals surface area contributed by atoms with Crippen LogP contribution in [0.2, 0.25) is 5.02 Å². The van der Waals surface area contributed by atoms with Crippen molar-refractivity contribution < 1.29 is 19.4 Å². The number of aliphatic hydroxyl groups is 1. The molecular formula is C24H26ClN3O4. The summed E-state index contributed by atoms with van der Waals surface area (Å²) in [5, 5.41) is 14.1. The number of amides is 2.